The normalized spacial score (nSPS) is 16.8. The smallest absolute Gasteiger partial charge is 0.0709 e. The molecule has 11 rings (SSSR count). The summed E-state index contributed by atoms with van der Waals surface area (Å²) in [6.07, 6.45) is 10.3. The third-order valence-electron chi connectivity index (χ3n) is 19.1. The minimum absolute atomic E-state index is 0.0293. The van der Waals surface area contributed by atoms with Crippen LogP contribution in [0.5, 0.6) is 0 Å². The van der Waals surface area contributed by atoms with Gasteiger partial charge in [-0.15, -0.1) is 0 Å². The van der Waals surface area contributed by atoms with Gasteiger partial charge in [-0.2, -0.15) is 0 Å². The summed E-state index contributed by atoms with van der Waals surface area (Å²) in [5.74, 6) is 1.93. The van der Waals surface area contributed by atoms with Gasteiger partial charge in [0.15, 0.2) is 0 Å². The summed E-state index contributed by atoms with van der Waals surface area (Å²) >= 11 is 0. The molecule has 0 aliphatic heterocycles. The third-order valence-corrected chi connectivity index (χ3v) is 19.1. The van der Waals surface area contributed by atoms with E-state index >= 15 is 0 Å². The largest absolute Gasteiger partial charge is 0.256 e. The highest BCUT2D eigenvalue weighted by atomic mass is 14.7. The highest BCUT2D eigenvalue weighted by Gasteiger charge is 2.36. The monoisotopic (exact) mass is 1100 g/mol. The van der Waals surface area contributed by atoms with Crippen LogP contribution in [0.1, 0.15) is 202 Å². The van der Waals surface area contributed by atoms with Gasteiger partial charge in [-0.25, -0.2) is 4.98 Å². The van der Waals surface area contributed by atoms with Crippen molar-refractivity contribution < 1.29 is 0 Å². The Morgan fingerprint density at radius 2 is 0.726 bits per heavy atom. The molecule has 10 aromatic rings. The van der Waals surface area contributed by atoms with Gasteiger partial charge >= 0.3 is 0 Å². The molecule has 3 heterocycles. The molecule has 5 atom stereocenters. The summed E-state index contributed by atoms with van der Waals surface area (Å²) in [5, 5.41) is 1.16. The fourth-order valence-electron chi connectivity index (χ4n) is 13.5. The van der Waals surface area contributed by atoms with Crippen LogP contribution in [0.4, 0.5) is 0 Å². The Bertz CT molecular complexity index is 3790. The van der Waals surface area contributed by atoms with Crippen LogP contribution < -0.4 is 0 Å². The average molecular weight is 1100 g/mol. The molecule has 0 radical (unpaired) electrons. The molecular weight excluding hydrogens is 1010 g/mol. The Hall–Kier alpha value is -7.75. The van der Waals surface area contributed by atoms with Crippen LogP contribution in [0.25, 0.3) is 78.1 Å². The van der Waals surface area contributed by atoms with Crippen molar-refractivity contribution in [3.05, 3.63) is 245 Å². The summed E-state index contributed by atoms with van der Waals surface area (Å²) in [5.41, 5.74) is 26.9. The first-order valence-corrected chi connectivity index (χ1v) is 31.5. The van der Waals surface area contributed by atoms with Gasteiger partial charge in [0.2, 0.25) is 0 Å². The maximum absolute atomic E-state index is 5.19. The zero-order chi connectivity index (χ0) is 58.9. The molecule has 3 aromatic heterocycles. The minimum Gasteiger partial charge on any atom is -0.256 e. The standard InChI is InChI=1S/C81H87N3/c1-13-52(4)73-47-56(77-39-35-55-24-16-23-31-76(55)84-77)32-36-70(73)67-28-20-17-25-64(67)59-44-60(65-26-18-21-29-68(65)71-37-33-57(48-74(71)53(5)14-2)78-50-62(40-42-82-78)80(7,8)9)46-61(45-59)66-27-19-22-30-69(66)72-38-34-58(49-75(72)54(6)15-3)79-51-63(41-43-83-79)81(10,11)12/h16-43,47-54,59-61H,13-15,44-46H2,1-12H3. The van der Waals surface area contributed by atoms with Crippen molar-refractivity contribution in [3.63, 3.8) is 0 Å². The highest BCUT2D eigenvalue weighted by Crippen LogP contribution is 2.54. The summed E-state index contributed by atoms with van der Waals surface area (Å²) in [6, 6.07) is 71.8. The van der Waals surface area contributed by atoms with Crippen LogP contribution in [0, 0.1) is 0 Å². The van der Waals surface area contributed by atoms with Crippen LogP contribution in [-0.2, 0) is 10.8 Å². The van der Waals surface area contributed by atoms with Crippen LogP contribution in [0.3, 0.4) is 0 Å². The summed E-state index contributed by atoms with van der Waals surface area (Å²) in [7, 11) is 0. The number of hydrogen-bond acceptors (Lipinski definition) is 3. The highest BCUT2D eigenvalue weighted by molar-refractivity contribution is 5.83. The lowest BCUT2D eigenvalue weighted by molar-refractivity contribution is 0.353. The lowest BCUT2D eigenvalue weighted by atomic mass is 9.66. The van der Waals surface area contributed by atoms with E-state index in [2.05, 4.69) is 271 Å². The first-order chi connectivity index (χ1) is 40.5. The zero-order valence-corrected chi connectivity index (χ0v) is 52.1. The summed E-state index contributed by atoms with van der Waals surface area (Å²) in [6.45, 7) is 27.9. The molecule has 1 saturated carbocycles. The van der Waals surface area contributed by atoms with E-state index in [1.165, 1.54) is 94.6 Å². The molecule has 1 aliphatic rings. The number of hydrogen-bond donors (Lipinski definition) is 0. The fraction of sp³-hybridized carbons (Fsp3) is 0.321. The molecule has 3 nitrogen and oxygen atoms in total. The predicted molar refractivity (Wildman–Crippen MR) is 358 cm³/mol. The SMILES string of the molecule is CCC(C)c1cc(-c2cc(C(C)(C)C)ccn2)ccc1-c1ccccc1C1CC(c2ccccc2-c2ccc(-c3cc(C(C)(C)C)ccn3)cc2C(C)CC)CC(c2ccccc2-c2ccc(-c3ccc4ccccc4n3)cc2C(C)CC)C1. The van der Waals surface area contributed by atoms with Crippen LogP contribution in [0.15, 0.2) is 200 Å². The predicted octanol–water partition coefficient (Wildman–Crippen LogP) is 23.0. The van der Waals surface area contributed by atoms with E-state index in [0.29, 0.717) is 17.8 Å². The third kappa shape index (κ3) is 12.0. The quantitative estimate of drug-likeness (QED) is 0.103. The van der Waals surface area contributed by atoms with Crippen LogP contribution >= 0.6 is 0 Å². The van der Waals surface area contributed by atoms with Crippen molar-refractivity contribution in [1.29, 1.82) is 0 Å². The summed E-state index contributed by atoms with van der Waals surface area (Å²) in [4.78, 5) is 15.1. The van der Waals surface area contributed by atoms with Crippen molar-refractivity contribution in [1.82, 2.24) is 15.0 Å². The molecule has 1 aliphatic carbocycles. The number of fused-ring (bicyclic) bond motifs is 1. The molecule has 3 heteroatoms. The Morgan fingerprint density at radius 3 is 1.11 bits per heavy atom. The maximum Gasteiger partial charge on any atom is 0.0709 e. The van der Waals surface area contributed by atoms with Gasteiger partial charge in [-0.1, -0.05) is 217 Å². The Kier molecular flexibility index (Phi) is 16.9. The molecule has 84 heavy (non-hydrogen) atoms. The van der Waals surface area contributed by atoms with Crippen molar-refractivity contribution in [2.75, 3.05) is 0 Å². The Morgan fingerprint density at radius 1 is 0.369 bits per heavy atom. The second-order valence-electron chi connectivity index (χ2n) is 26.6. The van der Waals surface area contributed by atoms with Gasteiger partial charge in [0, 0.05) is 34.5 Å². The summed E-state index contributed by atoms with van der Waals surface area (Å²) < 4.78 is 0. The van der Waals surface area contributed by atoms with E-state index in [1.54, 1.807) is 0 Å². The second-order valence-corrected chi connectivity index (χ2v) is 26.6. The van der Waals surface area contributed by atoms with Gasteiger partial charge in [0.05, 0.1) is 22.6 Å². The van der Waals surface area contributed by atoms with Gasteiger partial charge in [0.25, 0.3) is 0 Å². The number of aromatic nitrogens is 3. The number of benzene rings is 7. The first kappa shape index (κ1) is 58.0. The van der Waals surface area contributed by atoms with Crippen molar-refractivity contribution >= 4 is 10.9 Å². The van der Waals surface area contributed by atoms with Gasteiger partial charge < -0.3 is 0 Å². The first-order valence-electron chi connectivity index (χ1n) is 31.5. The van der Waals surface area contributed by atoms with E-state index in [9.17, 15) is 0 Å². The number of rotatable bonds is 15. The lowest BCUT2D eigenvalue weighted by Gasteiger charge is -2.38. The fourth-order valence-corrected chi connectivity index (χ4v) is 13.5. The van der Waals surface area contributed by atoms with Crippen LogP contribution in [0.2, 0.25) is 0 Å². The van der Waals surface area contributed by atoms with Crippen molar-refractivity contribution in [2.24, 2.45) is 0 Å². The minimum atomic E-state index is 0.0293. The zero-order valence-electron chi connectivity index (χ0n) is 52.1. The van der Waals surface area contributed by atoms with Gasteiger partial charge in [-0.3, -0.25) is 9.97 Å². The van der Waals surface area contributed by atoms with Crippen molar-refractivity contribution in [3.8, 4) is 67.2 Å². The molecule has 0 N–H and O–H groups in total. The van der Waals surface area contributed by atoms with Gasteiger partial charge in [-0.05, 0) is 217 Å². The molecule has 0 saturated heterocycles. The number of pyridine rings is 3. The molecule has 5 unspecified atom stereocenters. The van der Waals surface area contributed by atoms with E-state index < -0.39 is 0 Å². The van der Waals surface area contributed by atoms with Crippen molar-refractivity contribution in [2.45, 2.75) is 168 Å². The maximum atomic E-state index is 5.19. The number of para-hydroxylation sites is 1. The van der Waals surface area contributed by atoms with E-state index in [1.807, 2.05) is 12.4 Å². The topological polar surface area (TPSA) is 38.7 Å². The molecular formula is C81H87N3. The van der Waals surface area contributed by atoms with Gasteiger partial charge in [0.1, 0.15) is 0 Å². The number of nitrogens with zero attached hydrogens (tertiary/aromatic N) is 3. The lowest BCUT2D eigenvalue weighted by Crippen LogP contribution is -2.21. The Labute approximate surface area is 503 Å². The molecule has 7 aromatic carbocycles. The van der Waals surface area contributed by atoms with E-state index in [0.717, 1.165) is 66.5 Å². The molecule has 1 fully saturated rings. The van der Waals surface area contributed by atoms with Crippen LogP contribution in [-0.4, -0.2) is 15.0 Å². The van der Waals surface area contributed by atoms with E-state index in [4.69, 9.17) is 15.0 Å². The average Bonchev–Trinajstić information content (AvgIpc) is 1.72. The molecule has 0 amide bonds. The second kappa shape index (κ2) is 24.5. The van der Waals surface area contributed by atoms with E-state index in [-0.39, 0.29) is 28.6 Å². The molecule has 426 valence electrons. The molecule has 0 spiro atoms. The Balaban J connectivity index is 1.06. The molecule has 0 bridgehead atoms.